The number of nitrogens with two attached hydrogens (primary N) is 1. The van der Waals surface area contributed by atoms with E-state index in [1.807, 2.05) is 25.1 Å². The van der Waals surface area contributed by atoms with Crippen LogP contribution in [0.15, 0.2) is 67.0 Å². The maximum Gasteiger partial charge on any atom is 0.338 e. The molecule has 166 valence electrons. The Bertz CT molecular complexity index is 1060. The number of hydrogen-bond acceptors (Lipinski definition) is 5. The van der Waals surface area contributed by atoms with E-state index in [4.69, 9.17) is 10.5 Å². The number of pyridine rings is 1. The van der Waals surface area contributed by atoms with Crippen molar-refractivity contribution in [3.63, 3.8) is 0 Å². The molecule has 0 aliphatic carbocycles. The van der Waals surface area contributed by atoms with Gasteiger partial charge in [-0.1, -0.05) is 38.0 Å². The Morgan fingerprint density at radius 1 is 1.03 bits per heavy atom. The van der Waals surface area contributed by atoms with Gasteiger partial charge in [0.25, 0.3) is 5.91 Å². The van der Waals surface area contributed by atoms with Crippen LogP contribution in [0.4, 0.5) is 5.69 Å². The molecule has 0 spiro atoms. The summed E-state index contributed by atoms with van der Waals surface area (Å²) in [5, 5.41) is 2.86. The lowest BCUT2D eigenvalue weighted by Crippen LogP contribution is -2.14. The van der Waals surface area contributed by atoms with Crippen LogP contribution in [-0.4, -0.2) is 23.5 Å². The third-order valence-corrected chi connectivity index (χ3v) is 5.13. The molecule has 1 atom stereocenters. The minimum absolute atomic E-state index is 0.236. The van der Waals surface area contributed by atoms with Crippen LogP contribution in [0.5, 0.6) is 0 Å². The van der Waals surface area contributed by atoms with E-state index in [-0.39, 0.29) is 17.9 Å². The van der Waals surface area contributed by atoms with E-state index in [0.29, 0.717) is 23.4 Å². The maximum atomic E-state index is 12.8. The number of carbonyl (C=O) groups is 2. The van der Waals surface area contributed by atoms with Crippen LogP contribution in [0.2, 0.25) is 0 Å². The molecule has 2 aromatic carbocycles. The fourth-order valence-electron chi connectivity index (χ4n) is 3.40. The van der Waals surface area contributed by atoms with Crippen LogP contribution in [0.3, 0.4) is 0 Å². The van der Waals surface area contributed by atoms with E-state index < -0.39 is 0 Å². The van der Waals surface area contributed by atoms with Gasteiger partial charge in [0.15, 0.2) is 0 Å². The molecule has 3 N–H and O–H groups in total. The van der Waals surface area contributed by atoms with Crippen LogP contribution in [0.1, 0.15) is 65.4 Å². The average molecular weight is 432 g/mol. The number of carbonyl (C=O) groups excluding carboxylic acids is 2. The highest BCUT2D eigenvalue weighted by molar-refractivity contribution is 6.05. The summed E-state index contributed by atoms with van der Waals surface area (Å²) >= 11 is 0. The topological polar surface area (TPSA) is 94.3 Å². The first-order valence-electron chi connectivity index (χ1n) is 10.9. The molecule has 6 nitrogen and oxygen atoms in total. The molecule has 0 saturated carbocycles. The lowest BCUT2D eigenvalue weighted by molar-refractivity contribution is 0.0498. The Labute approximate surface area is 188 Å². The predicted molar refractivity (Wildman–Crippen MR) is 126 cm³/mol. The minimum atomic E-state index is -0.350. The molecule has 0 saturated heterocycles. The van der Waals surface area contributed by atoms with Crippen LogP contribution in [0.25, 0.3) is 11.1 Å². The van der Waals surface area contributed by atoms with Gasteiger partial charge in [0.05, 0.1) is 12.2 Å². The number of nitrogens with zero attached hydrogens (tertiary/aromatic N) is 1. The first-order chi connectivity index (χ1) is 15.5. The molecular formula is C26H29N3O3. The number of aromatic nitrogens is 1. The quantitative estimate of drug-likeness (QED) is 0.351. The molecule has 3 aromatic rings. The van der Waals surface area contributed by atoms with Crippen molar-refractivity contribution in [3.8, 4) is 11.1 Å². The van der Waals surface area contributed by atoms with Crippen molar-refractivity contribution >= 4 is 17.6 Å². The largest absolute Gasteiger partial charge is 0.462 e. The normalized spacial score (nSPS) is 11.6. The summed E-state index contributed by atoms with van der Waals surface area (Å²) < 4.78 is 5.39. The van der Waals surface area contributed by atoms with Crippen LogP contribution in [-0.2, 0) is 4.74 Å². The molecule has 32 heavy (non-hydrogen) atoms. The molecule has 1 unspecified atom stereocenters. The zero-order valence-corrected chi connectivity index (χ0v) is 18.5. The smallest absolute Gasteiger partial charge is 0.338 e. The highest BCUT2D eigenvalue weighted by atomic mass is 16.5. The number of anilines is 1. The fourth-order valence-corrected chi connectivity index (χ4v) is 3.40. The summed E-state index contributed by atoms with van der Waals surface area (Å²) in [7, 11) is 0. The summed E-state index contributed by atoms with van der Waals surface area (Å²) in [6, 6.07) is 15.9. The molecule has 6 heteroatoms. The van der Waals surface area contributed by atoms with Crippen molar-refractivity contribution in [3.05, 3.63) is 83.7 Å². The van der Waals surface area contributed by atoms with Crippen molar-refractivity contribution in [2.24, 2.45) is 5.73 Å². The Morgan fingerprint density at radius 2 is 1.81 bits per heavy atom. The van der Waals surface area contributed by atoms with Gasteiger partial charge in [0.2, 0.25) is 0 Å². The van der Waals surface area contributed by atoms with E-state index in [1.54, 1.807) is 48.8 Å². The van der Waals surface area contributed by atoms with Crippen molar-refractivity contribution < 1.29 is 14.3 Å². The molecule has 0 radical (unpaired) electrons. The number of rotatable bonds is 9. The van der Waals surface area contributed by atoms with E-state index in [0.717, 1.165) is 36.0 Å². The Balaban J connectivity index is 1.88. The van der Waals surface area contributed by atoms with E-state index in [1.165, 1.54) is 0 Å². The standard InChI is InChI=1S/C26H29N3O3/c1-3-4-5-15-32-26(31)21-8-6-7-19(16-21)24-17-20(9-10-23(24)18(2)27)25(30)29-22-11-13-28-14-12-22/h6-14,16-18H,3-5,15,27H2,1-2H3,(H,28,29,30). The molecular weight excluding hydrogens is 402 g/mol. The summed E-state index contributed by atoms with van der Waals surface area (Å²) in [4.78, 5) is 29.2. The van der Waals surface area contributed by atoms with Crippen LogP contribution < -0.4 is 11.1 Å². The van der Waals surface area contributed by atoms with Gasteiger partial charge >= 0.3 is 5.97 Å². The highest BCUT2D eigenvalue weighted by Gasteiger charge is 2.16. The second-order valence-corrected chi connectivity index (χ2v) is 7.70. The molecule has 0 aliphatic heterocycles. The van der Waals surface area contributed by atoms with Gasteiger partial charge in [-0.15, -0.1) is 0 Å². The van der Waals surface area contributed by atoms with Gasteiger partial charge in [-0.25, -0.2) is 4.79 Å². The highest BCUT2D eigenvalue weighted by Crippen LogP contribution is 2.30. The lowest BCUT2D eigenvalue weighted by Gasteiger charge is -2.16. The molecule has 1 amide bonds. The van der Waals surface area contributed by atoms with Gasteiger partial charge in [-0.3, -0.25) is 9.78 Å². The van der Waals surface area contributed by atoms with Crippen molar-refractivity contribution in [2.45, 2.75) is 39.2 Å². The average Bonchev–Trinajstić information content (AvgIpc) is 2.82. The molecule has 0 aliphatic rings. The molecule has 3 rings (SSSR count). The first-order valence-corrected chi connectivity index (χ1v) is 10.9. The number of nitrogens with one attached hydrogen (secondary N) is 1. The third kappa shape index (κ3) is 6.02. The second-order valence-electron chi connectivity index (χ2n) is 7.70. The summed E-state index contributed by atoms with van der Waals surface area (Å²) in [5.41, 5.74) is 10.3. The predicted octanol–water partition coefficient (Wildman–Crippen LogP) is 5.37. The van der Waals surface area contributed by atoms with E-state index in [2.05, 4.69) is 17.2 Å². The van der Waals surface area contributed by atoms with Gasteiger partial charge in [-0.2, -0.15) is 0 Å². The Kier molecular flexibility index (Phi) is 8.11. The summed E-state index contributed by atoms with van der Waals surface area (Å²) in [6.07, 6.45) is 6.18. The van der Waals surface area contributed by atoms with E-state index >= 15 is 0 Å². The van der Waals surface area contributed by atoms with Gasteiger partial charge in [0.1, 0.15) is 0 Å². The van der Waals surface area contributed by atoms with Crippen LogP contribution >= 0.6 is 0 Å². The number of unbranched alkanes of at least 4 members (excludes halogenated alkanes) is 2. The zero-order chi connectivity index (χ0) is 22.9. The Hall–Kier alpha value is -3.51. The monoisotopic (exact) mass is 431 g/mol. The number of amides is 1. The fraction of sp³-hybridized carbons (Fsp3) is 0.269. The number of benzene rings is 2. The first kappa shape index (κ1) is 23.2. The van der Waals surface area contributed by atoms with E-state index in [9.17, 15) is 9.59 Å². The second kappa shape index (κ2) is 11.2. The zero-order valence-electron chi connectivity index (χ0n) is 18.5. The summed E-state index contributed by atoms with van der Waals surface area (Å²) in [6.45, 7) is 4.40. The number of esters is 1. The van der Waals surface area contributed by atoms with Crippen molar-refractivity contribution in [2.75, 3.05) is 11.9 Å². The molecule has 0 fully saturated rings. The maximum absolute atomic E-state index is 12.8. The Morgan fingerprint density at radius 3 is 2.53 bits per heavy atom. The molecule has 0 bridgehead atoms. The number of hydrogen-bond donors (Lipinski definition) is 2. The summed E-state index contributed by atoms with van der Waals surface area (Å²) in [5.74, 6) is -0.586. The van der Waals surface area contributed by atoms with Crippen molar-refractivity contribution in [1.82, 2.24) is 4.98 Å². The van der Waals surface area contributed by atoms with Crippen LogP contribution in [0, 0.1) is 0 Å². The minimum Gasteiger partial charge on any atom is -0.462 e. The molecule has 1 heterocycles. The molecule has 1 aromatic heterocycles. The van der Waals surface area contributed by atoms with Gasteiger partial charge in [-0.05, 0) is 66.4 Å². The van der Waals surface area contributed by atoms with Gasteiger partial charge < -0.3 is 15.8 Å². The van der Waals surface area contributed by atoms with Gasteiger partial charge in [0, 0.05) is 29.7 Å². The number of ether oxygens (including phenoxy) is 1. The third-order valence-electron chi connectivity index (χ3n) is 5.13. The lowest BCUT2D eigenvalue weighted by atomic mass is 9.92. The SMILES string of the molecule is CCCCCOC(=O)c1cccc(-c2cc(C(=O)Nc3ccncc3)ccc2C(C)N)c1. The van der Waals surface area contributed by atoms with Crippen molar-refractivity contribution in [1.29, 1.82) is 0 Å².